The molecule has 0 aliphatic heterocycles. The molecule has 0 spiro atoms. The first kappa shape index (κ1) is 17.8. The predicted molar refractivity (Wildman–Crippen MR) is 107 cm³/mol. The van der Waals surface area contributed by atoms with Gasteiger partial charge in [0.25, 0.3) is 5.91 Å². The summed E-state index contributed by atoms with van der Waals surface area (Å²) in [5.41, 5.74) is 8.68. The Labute approximate surface area is 161 Å². The number of hydrogen-bond acceptors (Lipinski definition) is 3. The molecule has 130 valence electrons. The average molecular weight is 449 g/mol. The molecule has 1 amide bonds. The van der Waals surface area contributed by atoms with Crippen molar-refractivity contribution < 1.29 is 10.2 Å². The third kappa shape index (κ3) is 4.18. The Balaban J connectivity index is 1.85. The molecule has 5 nitrogen and oxygen atoms in total. The Morgan fingerprint density at radius 2 is 2.04 bits per heavy atom. The molecule has 1 heterocycles. The Bertz CT molecular complexity index is 772. The van der Waals surface area contributed by atoms with Crippen LogP contribution in [0.15, 0.2) is 42.6 Å². The van der Waals surface area contributed by atoms with Crippen molar-refractivity contribution in [2.45, 2.75) is 31.7 Å². The normalized spacial score (nSPS) is 15.7. The third-order valence-electron chi connectivity index (χ3n) is 4.74. The van der Waals surface area contributed by atoms with E-state index in [9.17, 15) is 4.79 Å². The zero-order valence-corrected chi connectivity index (χ0v) is 16.1. The molecule has 1 aromatic carbocycles. The van der Waals surface area contributed by atoms with E-state index in [1.807, 2.05) is 40.8 Å². The Morgan fingerprint density at radius 1 is 1.28 bits per heavy atom. The van der Waals surface area contributed by atoms with Crippen molar-refractivity contribution in [1.29, 1.82) is 0 Å². The van der Waals surface area contributed by atoms with Crippen molar-refractivity contribution in [1.82, 2.24) is 10.3 Å². The summed E-state index contributed by atoms with van der Waals surface area (Å²) in [5.74, 6) is 0.301. The van der Waals surface area contributed by atoms with Gasteiger partial charge in [-0.2, -0.15) is 0 Å². The van der Waals surface area contributed by atoms with Gasteiger partial charge in [0, 0.05) is 40.0 Å². The summed E-state index contributed by atoms with van der Waals surface area (Å²) in [6, 6.07) is 11.0. The summed E-state index contributed by atoms with van der Waals surface area (Å²) in [6.07, 6.45) is 6.41. The summed E-state index contributed by atoms with van der Waals surface area (Å²) in [6.45, 7) is 0. The molecule has 0 bridgehead atoms. The van der Waals surface area contributed by atoms with E-state index in [-0.39, 0.29) is 11.9 Å². The number of amides is 1. The standard InChI is InChI=1S/C19H21IN4O/c20-18(22)14-11-13(8-9-15(14)21)19(25)24-17(12-5-1-2-6-12)16-7-3-4-10-23-16/h3-4,7-12,17,22H,1-2,5-6,21H2,(H,24,25)/p+1/t17-/m0/s1. The second-order valence-electron chi connectivity index (χ2n) is 6.40. The number of hydrogen-bond donors (Lipinski definition) is 3. The maximum absolute atomic E-state index is 12.8. The fourth-order valence-corrected chi connectivity index (χ4v) is 3.88. The molecule has 1 aliphatic carbocycles. The van der Waals surface area contributed by atoms with Crippen LogP contribution in [0.5, 0.6) is 0 Å². The lowest BCUT2D eigenvalue weighted by atomic mass is 9.94. The van der Waals surface area contributed by atoms with Gasteiger partial charge in [-0.15, -0.1) is 0 Å². The number of nitrogens with one attached hydrogen (secondary N) is 1. The van der Waals surface area contributed by atoms with E-state index in [0.29, 0.717) is 26.5 Å². The zero-order valence-electron chi connectivity index (χ0n) is 13.9. The first-order valence-corrected chi connectivity index (χ1v) is 9.53. The largest absolute Gasteiger partial charge is 0.398 e. The van der Waals surface area contributed by atoms with Crippen LogP contribution in [-0.4, -0.2) is 14.6 Å². The molecular weight excluding hydrogens is 427 g/mol. The van der Waals surface area contributed by atoms with Crippen LogP contribution in [0.25, 0.3) is 0 Å². The molecule has 1 fully saturated rings. The Morgan fingerprint density at radius 3 is 2.68 bits per heavy atom. The quantitative estimate of drug-likeness (QED) is 0.372. The first-order chi connectivity index (χ1) is 12.1. The lowest BCUT2D eigenvalue weighted by Gasteiger charge is -2.24. The smallest absolute Gasteiger partial charge is 0.251 e. The van der Waals surface area contributed by atoms with Crippen LogP contribution in [0.1, 0.15) is 53.3 Å². The molecule has 0 radical (unpaired) electrons. The number of anilines is 1. The van der Waals surface area contributed by atoms with Crippen molar-refractivity contribution in [3.05, 3.63) is 59.4 Å². The van der Waals surface area contributed by atoms with Gasteiger partial charge in [0.15, 0.2) is 0 Å². The van der Waals surface area contributed by atoms with Gasteiger partial charge in [0.1, 0.15) is 0 Å². The van der Waals surface area contributed by atoms with Crippen LogP contribution >= 0.6 is 22.6 Å². The molecule has 0 saturated heterocycles. The van der Waals surface area contributed by atoms with Gasteiger partial charge in [-0.05, 0) is 49.1 Å². The van der Waals surface area contributed by atoms with Gasteiger partial charge in [-0.1, -0.05) is 18.9 Å². The lowest BCUT2D eigenvalue weighted by Crippen LogP contribution is -2.37. The molecule has 2 aromatic rings. The molecule has 25 heavy (non-hydrogen) atoms. The number of aromatic nitrogens is 1. The molecule has 1 saturated carbocycles. The molecule has 3 rings (SSSR count). The van der Waals surface area contributed by atoms with E-state index < -0.39 is 0 Å². The number of halogens is 1. The predicted octanol–water partition coefficient (Wildman–Crippen LogP) is 2.27. The van der Waals surface area contributed by atoms with Crippen molar-refractivity contribution in [3.63, 3.8) is 0 Å². The highest BCUT2D eigenvalue weighted by Gasteiger charge is 2.29. The summed E-state index contributed by atoms with van der Waals surface area (Å²) in [4.78, 5) is 17.3. The van der Waals surface area contributed by atoms with Gasteiger partial charge in [0.05, 0.1) is 17.3 Å². The SMILES string of the molecule is Nc1ccc(C(=O)N[C@H](c2ccccn2)C2CCCC2)cc1C(=[NH2+])I. The Kier molecular flexibility index (Phi) is 5.67. The second kappa shape index (κ2) is 7.95. The topological polar surface area (TPSA) is 93.6 Å². The number of carbonyl (C=O) groups is 1. The van der Waals surface area contributed by atoms with Crippen LogP contribution in [0.3, 0.4) is 0 Å². The number of carbonyl (C=O) groups excluding carboxylic acids is 1. The van der Waals surface area contributed by atoms with Crippen LogP contribution in [0, 0.1) is 5.92 Å². The molecule has 0 unspecified atom stereocenters. The summed E-state index contributed by atoms with van der Waals surface area (Å²) in [7, 11) is 0. The van der Waals surface area contributed by atoms with Crippen LogP contribution in [-0.2, 0) is 0 Å². The third-order valence-corrected chi connectivity index (χ3v) is 5.32. The number of pyridine rings is 1. The highest BCUT2D eigenvalue weighted by Crippen LogP contribution is 2.35. The number of rotatable bonds is 5. The maximum Gasteiger partial charge on any atom is 0.251 e. The van der Waals surface area contributed by atoms with E-state index in [1.165, 1.54) is 12.8 Å². The van der Waals surface area contributed by atoms with Gasteiger partial charge in [-0.3, -0.25) is 9.78 Å². The number of nitrogen functional groups attached to an aromatic ring is 1. The van der Waals surface area contributed by atoms with Gasteiger partial charge in [0.2, 0.25) is 3.72 Å². The van der Waals surface area contributed by atoms with Gasteiger partial charge >= 0.3 is 0 Å². The van der Waals surface area contributed by atoms with Gasteiger partial charge < -0.3 is 11.1 Å². The fraction of sp³-hybridized carbons (Fsp3) is 0.316. The van der Waals surface area contributed by atoms with Crippen LogP contribution in [0.2, 0.25) is 0 Å². The molecular formula is C19H22IN4O+. The summed E-state index contributed by atoms with van der Waals surface area (Å²) in [5, 5.41) is 9.04. The first-order valence-electron chi connectivity index (χ1n) is 8.46. The van der Waals surface area contributed by atoms with E-state index in [1.54, 1.807) is 24.4 Å². The Hall–Kier alpha value is -1.96. The average Bonchev–Trinajstić information content (AvgIpc) is 3.14. The van der Waals surface area contributed by atoms with Crippen LogP contribution in [0.4, 0.5) is 5.69 Å². The number of nitrogens with two attached hydrogens (primary N) is 2. The molecule has 1 aromatic heterocycles. The minimum Gasteiger partial charge on any atom is -0.398 e. The van der Waals surface area contributed by atoms with E-state index in [4.69, 9.17) is 11.1 Å². The summed E-state index contributed by atoms with van der Waals surface area (Å²) < 4.78 is 0.571. The monoisotopic (exact) mass is 449 g/mol. The number of nitrogens with zero attached hydrogens (tertiary/aromatic N) is 1. The van der Waals surface area contributed by atoms with Crippen LogP contribution < -0.4 is 16.5 Å². The minimum absolute atomic E-state index is 0.0712. The van der Waals surface area contributed by atoms with Crippen molar-refractivity contribution in [2.24, 2.45) is 5.92 Å². The summed E-state index contributed by atoms with van der Waals surface area (Å²) >= 11 is 2.01. The molecule has 1 atom stereocenters. The zero-order chi connectivity index (χ0) is 17.8. The molecule has 6 heteroatoms. The van der Waals surface area contributed by atoms with Gasteiger partial charge in [-0.25, -0.2) is 5.41 Å². The van der Waals surface area contributed by atoms with E-state index in [2.05, 4.69) is 10.3 Å². The van der Waals surface area contributed by atoms with E-state index in [0.717, 1.165) is 18.5 Å². The second-order valence-corrected chi connectivity index (χ2v) is 7.56. The number of benzene rings is 1. The van der Waals surface area contributed by atoms with E-state index >= 15 is 0 Å². The lowest BCUT2D eigenvalue weighted by molar-refractivity contribution is -0.106. The maximum atomic E-state index is 12.8. The highest BCUT2D eigenvalue weighted by molar-refractivity contribution is 14.1. The highest BCUT2D eigenvalue weighted by atomic mass is 127. The van der Waals surface area contributed by atoms with Crippen molar-refractivity contribution in [3.8, 4) is 0 Å². The minimum atomic E-state index is -0.124. The van der Waals surface area contributed by atoms with Crippen molar-refractivity contribution >= 4 is 37.9 Å². The molecule has 5 N–H and O–H groups in total. The molecule has 1 aliphatic rings. The van der Waals surface area contributed by atoms with Crippen molar-refractivity contribution in [2.75, 3.05) is 5.73 Å². The fourth-order valence-electron chi connectivity index (χ4n) is 3.41.